The summed E-state index contributed by atoms with van der Waals surface area (Å²) in [6.07, 6.45) is 1.87. The van der Waals surface area contributed by atoms with Crippen molar-refractivity contribution in [1.29, 1.82) is 0 Å². The molecular weight excluding hydrogens is 417 g/mol. The van der Waals surface area contributed by atoms with Crippen molar-refractivity contribution >= 4 is 17.3 Å². The van der Waals surface area contributed by atoms with Gasteiger partial charge < -0.3 is 9.64 Å². The first-order valence-electron chi connectivity index (χ1n) is 10.4. The molecule has 2 aromatic carbocycles. The Morgan fingerprint density at radius 1 is 1.13 bits per heavy atom. The molecule has 7 heteroatoms. The van der Waals surface area contributed by atoms with E-state index in [4.69, 9.17) is 16.3 Å². The molecule has 1 aliphatic heterocycles. The minimum absolute atomic E-state index is 0.120. The number of piperidine rings is 1. The molecule has 1 saturated heterocycles. The van der Waals surface area contributed by atoms with Crippen LogP contribution in [-0.2, 0) is 11.3 Å². The molecule has 4 rings (SSSR count). The van der Waals surface area contributed by atoms with Crippen LogP contribution in [0.5, 0.6) is 0 Å². The smallest absolute Gasteiger partial charge is 0.258 e. The Morgan fingerprint density at radius 3 is 2.58 bits per heavy atom. The van der Waals surface area contributed by atoms with Gasteiger partial charge in [-0.2, -0.15) is 0 Å². The van der Waals surface area contributed by atoms with Crippen molar-refractivity contribution in [2.75, 3.05) is 18.0 Å². The summed E-state index contributed by atoms with van der Waals surface area (Å²) >= 11 is 6.60. The van der Waals surface area contributed by atoms with Gasteiger partial charge in [0.05, 0.1) is 29.1 Å². The fraction of sp³-hybridized carbons (Fsp3) is 0.333. The van der Waals surface area contributed by atoms with E-state index in [1.54, 1.807) is 17.6 Å². The van der Waals surface area contributed by atoms with Crippen LogP contribution in [0.1, 0.15) is 29.9 Å². The Balaban J connectivity index is 1.40. The SMILES string of the molecule is Cc1cc(=O)n(-c2ccc(N3CCC(OCc4cccc(F)c4)CC3)c(Cl)c2)c(C)n1. The van der Waals surface area contributed by atoms with E-state index in [1.807, 2.05) is 31.2 Å². The molecule has 0 atom stereocenters. The number of nitrogens with zero attached hydrogens (tertiary/aromatic N) is 3. The highest BCUT2D eigenvalue weighted by molar-refractivity contribution is 6.33. The third-order valence-electron chi connectivity index (χ3n) is 5.56. The van der Waals surface area contributed by atoms with E-state index in [9.17, 15) is 9.18 Å². The van der Waals surface area contributed by atoms with Gasteiger partial charge in [-0.1, -0.05) is 23.7 Å². The molecule has 3 aromatic rings. The van der Waals surface area contributed by atoms with E-state index in [1.165, 1.54) is 18.2 Å². The Labute approximate surface area is 186 Å². The van der Waals surface area contributed by atoms with Crippen LogP contribution >= 0.6 is 11.6 Å². The second-order valence-corrected chi connectivity index (χ2v) is 8.29. The summed E-state index contributed by atoms with van der Waals surface area (Å²) in [5.41, 5.74) is 3.07. The van der Waals surface area contributed by atoms with Crippen molar-refractivity contribution in [1.82, 2.24) is 9.55 Å². The van der Waals surface area contributed by atoms with Crippen LogP contribution in [0.25, 0.3) is 5.69 Å². The maximum atomic E-state index is 13.3. The zero-order valence-electron chi connectivity index (χ0n) is 17.6. The normalized spacial score (nSPS) is 14.8. The molecule has 5 nitrogen and oxygen atoms in total. The van der Waals surface area contributed by atoms with Gasteiger partial charge >= 0.3 is 0 Å². The second kappa shape index (κ2) is 9.20. The number of hydrogen-bond donors (Lipinski definition) is 0. The highest BCUT2D eigenvalue weighted by Crippen LogP contribution is 2.31. The predicted molar refractivity (Wildman–Crippen MR) is 121 cm³/mol. The number of aryl methyl sites for hydroxylation is 2. The van der Waals surface area contributed by atoms with Crippen LogP contribution in [-0.4, -0.2) is 28.7 Å². The van der Waals surface area contributed by atoms with Crippen LogP contribution in [0.3, 0.4) is 0 Å². The zero-order valence-corrected chi connectivity index (χ0v) is 18.4. The van der Waals surface area contributed by atoms with Gasteiger partial charge in [-0.25, -0.2) is 9.37 Å². The lowest BCUT2D eigenvalue weighted by Gasteiger charge is -2.34. The van der Waals surface area contributed by atoms with Crippen LogP contribution in [0.4, 0.5) is 10.1 Å². The van der Waals surface area contributed by atoms with Crippen molar-refractivity contribution in [2.24, 2.45) is 0 Å². The minimum atomic E-state index is -0.243. The Hall–Kier alpha value is -2.70. The number of anilines is 1. The third kappa shape index (κ3) is 4.97. The molecule has 0 saturated carbocycles. The van der Waals surface area contributed by atoms with Crippen molar-refractivity contribution in [3.05, 3.63) is 86.8 Å². The number of hydrogen-bond acceptors (Lipinski definition) is 4. The van der Waals surface area contributed by atoms with E-state index in [2.05, 4.69) is 9.88 Å². The summed E-state index contributed by atoms with van der Waals surface area (Å²) in [6.45, 7) is 5.66. The quantitative estimate of drug-likeness (QED) is 0.569. The van der Waals surface area contributed by atoms with Crippen LogP contribution < -0.4 is 10.5 Å². The Bertz CT molecular complexity index is 1140. The number of rotatable bonds is 5. The lowest BCUT2D eigenvalue weighted by Crippen LogP contribution is -2.37. The third-order valence-corrected chi connectivity index (χ3v) is 5.86. The first-order valence-corrected chi connectivity index (χ1v) is 10.8. The van der Waals surface area contributed by atoms with Gasteiger partial charge in [-0.15, -0.1) is 0 Å². The number of benzene rings is 2. The summed E-state index contributed by atoms with van der Waals surface area (Å²) < 4.78 is 20.9. The van der Waals surface area contributed by atoms with E-state index < -0.39 is 0 Å². The molecule has 1 aliphatic rings. The molecule has 0 radical (unpaired) electrons. The minimum Gasteiger partial charge on any atom is -0.373 e. The highest BCUT2D eigenvalue weighted by Gasteiger charge is 2.22. The lowest BCUT2D eigenvalue weighted by molar-refractivity contribution is 0.0250. The van der Waals surface area contributed by atoms with Crippen molar-refractivity contribution in [3.63, 3.8) is 0 Å². The maximum absolute atomic E-state index is 13.3. The van der Waals surface area contributed by atoms with Gasteiger partial charge in [0.1, 0.15) is 11.6 Å². The fourth-order valence-electron chi connectivity index (χ4n) is 4.05. The molecule has 0 N–H and O–H groups in total. The van der Waals surface area contributed by atoms with Crippen LogP contribution in [0.2, 0.25) is 5.02 Å². The first-order chi connectivity index (χ1) is 14.9. The maximum Gasteiger partial charge on any atom is 0.258 e. The van der Waals surface area contributed by atoms with Crippen LogP contribution in [0.15, 0.2) is 53.3 Å². The molecule has 162 valence electrons. The monoisotopic (exact) mass is 441 g/mol. The molecule has 1 fully saturated rings. The summed E-state index contributed by atoms with van der Waals surface area (Å²) in [5.74, 6) is 0.387. The molecule has 2 heterocycles. The fourth-order valence-corrected chi connectivity index (χ4v) is 4.34. The predicted octanol–water partition coefficient (Wildman–Crippen LogP) is 4.83. The summed E-state index contributed by atoms with van der Waals surface area (Å²) in [4.78, 5) is 19.0. The highest BCUT2D eigenvalue weighted by atomic mass is 35.5. The average molecular weight is 442 g/mol. The van der Waals surface area contributed by atoms with E-state index in [0.29, 0.717) is 28.8 Å². The van der Waals surface area contributed by atoms with E-state index >= 15 is 0 Å². The van der Waals surface area contributed by atoms with E-state index in [0.717, 1.165) is 37.2 Å². The van der Waals surface area contributed by atoms with E-state index in [-0.39, 0.29) is 17.5 Å². The summed E-state index contributed by atoms with van der Waals surface area (Å²) in [7, 11) is 0. The van der Waals surface area contributed by atoms with Gasteiger partial charge in [0.25, 0.3) is 5.56 Å². The van der Waals surface area contributed by atoms with Gasteiger partial charge in [-0.05, 0) is 62.6 Å². The lowest BCUT2D eigenvalue weighted by atomic mass is 10.1. The first kappa shape index (κ1) is 21.5. The number of aromatic nitrogens is 2. The van der Waals surface area contributed by atoms with Crippen molar-refractivity contribution in [2.45, 2.75) is 39.4 Å². The molecule has 31 heavy (non-hydrogen) atoms. The van der Waals surface area contributed by atoms with Gasteiger partial charge in [-0.3, -0.25) is 9.36 Å². The van der Waals surface area contributed by atoms with Gasteiger partial charge in [0, 0.05) is 24.8 Å². The summed E-state index contributed by atoms with van der Waals surface area (Å²) in [5, 5.41) is 0.600. The Kier molecular flexibility index (Phi) is 6.39. The topological polar surface area (TPSA) is 47.4 Å². The summed E-state index contributed by atoms with van der Waals surface area (Å²) in [6, 6.07) is 13.7. The molecule has 0 unspecified atom stereocenters. The molecule has 1 aromatic heterocycles. The molecule has 0 bridgehead atoms. The second-order valence-electron chi connectivity index (χ2n) is 7.88. The average Bonchev–Trinajstić information content (AvgIpc) is 2.72. The molecule has 0 spiro atoms. The number of halogens is 2. The Morgan fingerprint density at radius 2 is 1.90 bits per heavy atom. The van der Waals surface area contributed by atoms with Gasteiger partial charge in [0.2, 0.25) is 0 Å². The zero-order chi connectivity index (χ0) is 22.0. The van der Waals surface area contributed by atoms with Crippen molar-refractivity contribution in [3.8, 4) is 5.69 Å². The molecular formula is C24H25ClFN3O2. The van der Waals surface area contributed by atoms with Crippen molar-refractivity contribution < 1.29 is 9.13 Å². The number of ether oxygens (including phenoxy) is 1. The standard InChI is InChI=1S/C24H25ClFN3O2/c1-16-12-24(30)29(17(2)27-16)20-6-7-23(22(25)14-20)28-10-8-21(9-11-28)31-15-18-4-3-5-19(26)13-18/h3-7,12-14,21H,8-11,15H2,1-2H3. The molecule has 0 amide bonds. The molecule has 0 aliphatic carbocycles. The van der Waals surface area contributed by atoms with Crippen LogP contribution in [0, 0.1) is 19.7 Å². The largest absolute Gasteiger partial charge is 0.373 e. The van der Waals surface area contributed by atoms with Gasteiger partial charge in [0.15, 0.2) is 0 Å².